The Morgan fingerprint density at radius 1 is 1.03 bits per heavy atom. The van der Waals surface area contributed by atoms with Gasteiger partial charge in [0, 0.05) is 13.1 Å². The van der Waals surface area contributed by atoms with Crippen LogP contribution in [0.5, 0.6) is 5.75 Å². The van der Waals surface area contributed by atoms with Crippen molar-refractivity contribution < 1.29 is 18.3 Å². The number of hydrogen-bond acceptors (Lipinski definition) is 4. The lowest BCUT2D eigenvalue weighted by molar-refractivity contribution is 0.262. The van der Waals surface area contributed by atoms with E-state index < -0.39 is 26.7 Å². The lowest BCUT2D eigenvalue weighted by Crippen LogP contribution is -2.35. The van der Waals surface area contributed by atoms with Crippen LogP contribution in [-0.4, -0.2) is 37.0 Å². The second kappa shape index (κ2) is 8.79. The smallest absolute Gasteiger partial charge is 0.323 e. The number of phenolic OH excluding ortho intramolecular Hbond substituents is 1. The Hall–Kier alpha value is -2.00. The highest BCUT2D eigenvalue weighted by Crippen LogP contribution is 2.39. The number of sulfonamides is 1. The Morgan fingerprint density at radius 2 is 1.69 bits per heavy atom. The highest BCUT2D eigenvalue weighted by atomic mass is 35.5. The molecule has 3 rings (SSSR count). The van der Waals surface area contributed by atoms with Crippen LogP contribution in [0.4, 0.5) is 16.2 Å². The van der Waals surface area contributed by atoms with Crippen LogP contribution in [-0.2, 0) is 10.0 Å². The van der Waals surface area contributed by atoms with Gasteiger partial charge in [-0.15, -0.1) is 0 Å². The summed E-state index contributed by atoms with van der Waals surface area (Å²) in [5.74, 6) is -0.603. The Balaban J connectivity index is 1.87. The third-order valence-corrected chi connectivity index (χ3v) is 7.59. The monoisotopic (exact) mass is 457 g/mol. The summed E-state index contributed by atoms with van der Waals surface area (Å²) in [6, 6.07) is 7.14. The van der Waals surface area contributed by atoms with Gasteiger partial charge in [0.2, 0.25) is 10.0 Å². The van der Waals surface area contributed by atoms with Crippen molar-refractivity contribution in [1.29, 1.82) is 0 Å². The molecule has 7 nitrogen and oxygen atoms in total. The molecule has 1 heterocycles. The van der Waals surface area contributed by atoms with E-state index in [9.17, 15) is 18.3 Å². The lowest BCUT2D eigenvalue weighted by Gasteiger charge is -2.27. The van der Waals surface area contributed by atoms with Crippen LogP contribution >= 0.6 is 23.2 Å². The number of urea groups is 1. The van der Waals surface area contributed by atoms with Crippen molar-refractivity contribution in [2.75, 3.05) is 23.7 Å². The summed E-state index contributed by atoms with van der Waals surface area (Å²) in [5.41, 5.74) is 1.10. The Morgan fingerprint density at radius 3 is 2.38 bits per heavy atom. The molecule has 0 unspecified atom stereocenters. The number of rotatable bonds is 4. The summed E-state index contributed by atoms with van der Waals surface area (Å²) in [4.78, 5) is 12.0. The van der Waals surface area contributed by atoms with Gasteiger partial charge in [0.15, 0.2) is 5.75 Å². The fourth-order valence-electron chi connectivity index (χ4n) is 3.15. The zero-order chi connectivity index (χ0) is 21.2. The molecular formula is C19H21Cl2N3O4S. The van der Waals surface area contributed by atoms with E-state index in [1.165, 1.54) is 16.4 Å². The van der Waals surface area contributed by atoms with Crippen LogP contribution in [0.15, 0.2) is 35.2 Å². The van der Waals surface area contributed by atoms with E-state index in [-0.39, 0.29) is 10.7 Å². The first kappa shape index (κ1) is 21.7. The quantitative estimate of drug-likeness (QED) is 0.572. The van der Waals surface area contributed by atoms with Crippen molar-refractivity contribution in [3.63, 3.8) is 0 Å². The van der Waals surface area contributed by atoms with Gasteiger partial charge in [0.25, 0.3) is 0 Å². The number of hydrogen-bond donors (Lipinski definition) is 3. The highest BCUT2D eigenvalue weighted by Gasteiger charge is 2.32. The van der Waals surface area contributed by atoms with Gasteiger partial charge in [0.1, 0.15) is 4.90 Å². The van der Waals surface area contributed by atoms with Gasteiger partial charge in [0.05, 0.1) is 21.4 Å². The Labute approximate surface area is 179 Å². The lowest BCUT2D eigenvalue weighted by atomic mass is 10.2. The SMILES string of the molecule is Cc1cccc(NC(=O)Nc2ccc(Cl)c(S(=O)(=O)N3CCCCC3)c2O)c1Cl. The van der Waals surface area contributed by atoms with E-state index >= 15 is 0 Å². The summed E-state index contributed by atoms with van der Waals surface area (Å²) in [6.45, 7) is 2.53. The summed E-state index contributed by atoms with van der Waals surface area (Å²) in [6.07, 6.45) is 2.44. The summed E-state index contributed by atoms with van der Waals surface area (Å²) in [7, 11) is -3.99. The van der Waals surface area contributed by atoms with Gasteiger partial charge in [-0.1, -0.05) is 41.8 Å². The summed E-state index contributed by atoms with van der Waals surface area (Å²) >= 11 is 12.3. The van der Waals surface area contributed by atoms with Crippen LogP contribution in [0.1, 0.15) is 24.8 Å². The van der Waals surface area contributed by atoms with Gasteiger partial charge in [-0.05, 0) is 43.5 Å². The molecule has 10 heteroatoms. The van der Waals surface area contributed by atoms with Crippen molar-refractivity contribution >= 4 is 50.6 Å². The molecule has 0 radical (unpaired) electrons. The minimum Gasteiger partial charge on any atom is -0.504 e. The van der Waals surface area contributed by atoms with Crippen molar-refractivity contribution in [2.45, 2.75) is 31.1 Å². The first-order chi connectivity index (χ1) is 13.7. The van der Waals surface area contributed by atoms with Crippen molar-refractivity contribution in [3.8, 4) is 5.75 Å². The Bertz CT molecular complexity index is 1040. The molecule has 1 fully saturated rings. The average Bonchev–Trinajstić information content (AvgIpc) is 2.68. The van der Waals surface area contributed by atoms with E-state index in [1.54, 1.807) is 25.1 Å². The minimum absolute atomic E-state index is 0.0775. The Kier molecular flexibility index (Phi) is 6.58. The molecule has 2 aromatic carbocycles. The van der Waals surface area contributed by atoms with E-state index in [4.69, 9.17) is 23.2 Å². The average molecular weight is 458 g/mol. The number of nitrogens with zero attached hydrogens (tertiary/aromatic N) is 1. The number of halogens is 2. The first-order valence-corrected chi connectivity index (χ1v) is 11.3. The molecule has 3 N–H and O–H groups in total. The zero-order valence-corrected chi connectivity index (χ0v) is 18.0. The maximum Gasteiger partial charge on any atom is 0.323 e. The van der Waals surface area contributed by atoms with Crippen LogP contribution in [0.2, 0.25) is 10.0 Å². The number of carbonyl (C=O) groups excluding carboxylic acids is 1. The molecule has 0 saturated carbocycles. The predicted octanol–water partition coefficient (Wildman–Crippen LogP) is 4.83. The molecule has 156 valence electrons. The molecule has 0 aromatic heterocycles. The number of aromatic hydroxyl groups is 1. The van der Waals surface area contributed by atoms with Crippen LogP contribution in [0, 0.1) is 6.92 Å². The van der Waals surface area contributed by atoms with E-state index in [0.29, 0.717) is 23.8 Å². The number of nitrogens with one attached hydrogen (secondary N) is 2. The topological polar surface area (TPSA) is 98.7 Å². The number of carbonyl (C=O) groups is 1. The van der Waals surface area contributed by atoms with Gasteiger partial charge >= 0.3 is 6.03 Å². The fourth-order valence-corrected chi connectivity index (χ4v) is 5.43. The van der Waals surface area contributed by atoms with E-state index in [1.807, 2.05) is 0 Å². The third kappa shape index (κ3) is 4.61. The summed E-state index contributed by atoms with van der Waals surface area (Å²) in [5, 5.41) is 15.9. The molecule has 0 atom stereocenters. The molecule has 2 aromatic rings. The van der Waals surface area contributed by atoms with Crippen molar-refractivity contribution in [2.24, 2.45) is 0 Å². The van der Waals surface area contributed by atoms with Gasteiger partial charge in [-0.2, -0.15) is 4.31 Å². The molecule has 0 spiro atoms. The molecule has 2 amide bonds. The largest absolute Gasteiger partial charge is 0.504 e. The standard InChI is InChI=1S/C19H21Cl2N3O4S/c1-12-6-5-7-14(16(12)21)22-19(26)23-15-9-8-13(20)18(17(15)25)29(27,28)24-10-3-2-4-11-24/h5-9,25H,2-4,10-11H2,1H3,(H2,22,23,26). The second-order valence-corrected chi connectivity index (χ2v) is 9.41. The number of aryl methyl sites for hydroxylation is 1. The second-order valence-electron chi connectivity index (χ2n) is 6.75. The molecule has 0 aliphatic carbocycles. The van der Waals surface area contributed by atoms with Crippen LogP contribution < -0.4 is 10.6 Å². The van der Waals surface area contributed by atoms with Crippen molar-refractivity contribution in [3.05, 3.63) is 45.9 Å². The fraction of sp³-hybridized carbons (Fsp3) is 0.316. The zero-order valence-electron chi connectivity index (χ0n) is 15.7. The molecule has 29 heavy (non-hydrogen) atoms. The maximum atomic E-state index is 13.0. The van der Waals surface area contributed by atoms with E-state index in [2.05, 4.69) is 10.6 Å². The van der Waals surface area contributed by atoms with E-state index in [0.717, 1.165) is 24.8 Å². The number of piperidine rings is 1. The minimum atomic E-state index is -3.99. The number of phenols is 1. The van der Waals surface area contributed by atoms with Gasteiger partial charge < -0.3 is 15.7 Å². The third-order valence-electron chi connectivity index (χ3n) is 4.68. The molecular weight excluding hydrogens is 437 g/mol. The highest BCUT2D eigenvalue weighted by molar-refractivity contribution is 7.89. The van der Waals surface area contributed by atoms with Crippen LogP contribution in [0.3, 0.4) is 0 Å². The molecule has 1 aliphatic rings. The number of anilines is 2. The normalized spacial score (nSPS) is 15.1. The molecule has 0 bridgehead atoms. The molecule has 1 saturated heterocycles. The number of benzene rings is 2. The van der Waals surface area contributed by atoms with Crippen molar-refractivity contribution in [1.82, 2.24) is 4.31 Å². The number of amides is 2. The van der Waals surface area contributed by atoms with Gasteiger partial charge in [-0.25, -0.2) is 13.2 Å². The van der Waals surface area contributed by atoms with Gasteiger partial charge in [-0.3, -0.25) is 0 Å². The maximum absolute atomic E-state index is 13.0. The predicted molar refractivity (Wildman–Crippen MR) is 115 cm³/mol. The first-order valence-electron chi connectivity index (χ1n) is 9.06. The van der Waals surface area contributed by atoms with Crippen LogP contribution in [0.25, 0.3) is 0 Å². The molecule has 1 aliphatic heterocycles. The summed E-state index contributed by atoms with van der Waals surface area (Å²) < 4.78 is 27.3.